The van der Waals surface area contributed by atoms with Gasteiger partial charge in [0.2, 0.25) is 0 Å². The maximum atomic E-state index is 11.7. The van der Waals surface area contributed by atoms with Gasteiger partial charge < -0.3 is 14.7 Å². The summed E-state index contributed by atoms with van der Waals surface area (Å²) in [7, 11) is 0. The first-order valence-electron chi connectivity index (χ1n) is 7.33. The van der Waals surface area contributed by atoms with Crippen molar-refractivity contribution in [1.82, 2.24) is 4.90 Å². The van der Waals surface area contributed by atoms with Crippen LogP contribution in [-0.2, 0) is 4.79 Å². The lowest BCUT2D eigenvalue weighted by Crippen LogP contribution is -2.24. The van der Waals surface area contributed by atoms with Crippen molar-refractivity contribution in [2.75, 3.05) is 19.6 Å². The van der Waals surface area contributed by atoms with Crippen LogP contribution in [0.1, 0.15) is 43.5 Å². The Morgan fingerprint density at radius 3 is 2.36 bits per heavy atom. The molecule has 6 heteroatoms. The number of hydrogen-bond acceptors (Lipinski definition) is 4. The number of halogens is 1. The zero-order valence-corrected chi connectivity index (χ0v) is 13.9. The molecule has 1 N–H and O–H groups in total. The topological polar surface area (TPSA) is 66.8 Å². The molecule has 1 aromatic carbocycles. The number of unbranched alkanes of at least 4 members (excludes halogenated alkanes) is 1. The number of carboxylic acids is 1. The zero-order valence-electron chi connectivity index (χ0n) is 13.1. The molecule has 0 aliphatic heterocycles. The van der Waals surface area contributed by atoms with Crippen LogP contribution in [0.4, 0.5) is 0 Å². The van der Waals surface area contributed by atoms with E-state index >= 15 is 0 Å². The largest absolute Gasteiger partial charge is 0.478 e. The highest BCUT2D eigenvalue weighted by Crippen LogP contribution is 2.18. The molecule has 0 amide bonds. The third-order valence-corrected chi connectivity index (χ3v) is 3.34. The summed E-state index contributed by atoms with van der Waals surface area (Å²) >= 11 is 0. The highest BCUT2D eigenvalue weighted by molar-refractivity contribution is 5.91. The third kappa shape index (κ3) is 6.91. The molecule has 22 heavy (non-hydrogen) atoms. The average molecular weight is 330 g/mol. The van der Waals surface area contributed by atoms with E-state index in [1.165, 1.54) is 12.1 Å². The predicted molar refractivity (Wildman–Crippen MR) is 87.9 cm³/mol. The highest BCUT2D eigenvalue weighted by Gasteiger charge is 2.13. The zero-order chi connectivity index (χ0) is 15.7. The van der Waals surface area contributed by atoms with Gasteiger partial charge in [-0.05, 0) is 44.6 Å². The molecule has 0 saturated carbocycles. The molecule has 0 bridgehead atoms. The number of aromatic carboxylic acids is 1. The minimum absolute atomic E-state index is 0. The van der Waals surface area contributed by atoms with Gasteiger partial charge in [-0.3, -0.25) is 4.79 Å². The standard InChI is InChI=1S/C16H23NO4.ClH/c1-3-17(4-2)12-8-7-11-15(18)21-14-10-6-5-9-13(14)16(19)20;/h5-6,9-10H,3-4,7-8,11-12H2,1-2H3,(H,19,20);1H. The third-order valence-electron chi connectivity index (χ3n) is 3.34. The summed E-state index contributed by atoms with van der Waals surface area (Å²) in [4.78, 5) is 25.0. The van der Waals surface area contributed by atoms with Crippen LogP contribution in [0.5, 0.6) is 5.75 Å². The summed E-state index contributed by atoms with van der Waals surface area (Å²) in [6.45, 7) is 7.20. The second kappa shape index (κ2) is 11.0. The molecule has 0 atom stereocenters. The molecule has 0 unspecified atom stereocenters. The normalized spacial score (nSPS) is 10.1. The second-order valence-corrected chi connectivity index (χ2v) is 4.76. The fourth-order valence-electron chi connectivity index (χ4n) is 2.05. The number of carboxylic acid groups (broad SMARTS) is 1. The molecule has 0 fully saturated rings. The predicted octanol–water partition coefficient (Wildman–Crippen LogP) is 3.22. The number of carbonyl (C=O) groups excluding carboxylic acids is 1. The average Bonchev–Trinajstić information content (AvgIpc) is 2.47. The number of benzene rings is 1. The van der Waals surface area contributed by atoms with Gasteiger partial charge in [0.1, 0.15) is 11.3 Å². The molecule has 0 heterocycles. The van der Waals surface area contributed by atoms with Crippen molar-refractivity contribution in [2.24, 2.45) is 0 Å². The van der Waals surface area contributed by atoms with Crippen LogP contribution < -0.4 is 4.74 Å². The number of para-hydroxylation sites is 1. The molecule has 0 saturated heterocycles. The number of nitrogens with zero attached hydrogens (tertiary/aromatic N) is 1. The molecular weight excluding hydrogens is 306 g/mol. The Morgan fingerprint density at radius 2 is 1.77 bits per heavy atom. The minimum atomic E-state index is -1.10. The first-order valence-corrected chi connectivity index (χ1v) is 7.33. The Balaban J connectivity index is 0.00000441. The van der Waals surface area contributed by atoms with E-state index in [0.29, 0.717) is 6.42 Å². The van der Waals surface area contributed by atoms with Crippen LogP contribution in [0, 0.1) is 0 Å². The first-order chi connectivity index (χ1) is 10.1. The van der Waals surface area contributed by atoms with Gasteiger partial charge in [-0.1, -0.05) is 26.0 Å². The minimum Gasteiger partial charge on any atom is -0.478 e. The lowest BCUT2D eigenvalue weighted by atomic mass is 10.2. The Labute approximate surface area is 137 Å². The van der Waals surface area contributed by atoms with E-state index in [-0.39, 0.29) is 29.7 Å². The molecular formula is C16H24ClNO4. The van der Waals surface area contributed by atoms with Gasteiger partial charge in [-0.2, -0.15) is 0 Å². The quantitative estimate of drug-likeness (QED) is 0.428. The number of esters is 1. The van der Waals surface area contributed by atoms with Crippen molar-refractivity contribution in [2.45, 2.75) is 33.1 Å². The van der Waals surface area contributed by atoms with Crippen LogP contribution in [0.15, 0.2) is 24.3 Å². The van der Waals surface area contributed by atoms with Gasteiger partial charge in [0, 0.05) is 6.42 Å². The summed E-state index contributed by atoms with van der Waals surface area (Å²) in [6.07, 6.45) is 1.97. The molecule has 1 aromatic rings. The van der Waals surface area contributed by atoms with Gasteiger partial charge in [-0.15, -0.1) is 12.4 Å². The molecule has 1 rings (SSSR count). The molecule has 0 spiro atoms. The van der Waals surface area contributed by atoms with Crippen molar-refractivity contribution in [1.29, 1.82) is 0 Å². The monoisotopic (exact) mass is 329 g/mol. The molecule has 0 aliphatic carbocycles. The Hall–Kier alpha value is -1.59. The SMILES string of the molecule is CCN(CC)CCCCC(=O)Oc1ccccc1C(=O)O.Cl. The van der Waals surface area contributed by atoms with Gasteiger partial charge in [0.05, 0.1) is 0 Å². The fraction of sp³-hybridized carbons (Fsp3) is 0.500. The van der Waals surface area contributed by atoms with Crippen LogP contribution in [0.25, 0.3) is 0 Å². The van der Waals surface area contributed by atoms with E-state index in [0.717, 1.165) is 32.5 Å². The van der Waals surface area contributed by atoms with Crippen molar-refractivity contribution in [3.8, 4) is 5.75 Å². The van der Waals surface area contributed by atoms with Crippen LogP contribution in [0.2, 0.25) is 0 Å². The second-order valence-electron chi connectivity index (χ2n) is 4.76. The van der Waals surface area contributed by atoms with E-state index in [4.69, 9.17) is 9.84 Å². The molecule has 0 aromatic heterocycles. The first kappa shape index (κ1) is 20.4. The van der Waals surface area contributed by atoms with Crippen molar-refractivity contribution >= 4 is 24.3 Å². The summed E-state index contributed by atoms with van der Waals surface area (Å²) in [5.74, 6) is -1.37. The Morgan fingerprint density at radius 1 is 1.14 bits per heavy atom. The fourth-order valence-corrected chi connectivity index (χ4v) is 2.05. The smallest absolute Gasteiger partial charge is 0.339 e. The van der Waals surface area contributed by atoms with Crippen LogP contribution in [-0.4, -0.2) is 41.6 Å². The van der Waals surface area contributed by atoms with E-state index in [9.17, 15) is 9.59 Å². The maximum Gasteiger partial charge on any atom is 0.339 e. The van der Waals surface area contributed by atoms with Gasteiger partial charge >= 0.3 is 11.9 Å². The van der Waals surface area contributed by atoms with Crippen molar-refractivity contribution in [3.05, 3.63) is 29.8 Å². The number of ether oxygens (including phenoxy) is 1. The van der Waals surface area contributed by atoms with Gasteiger partial charge in [-0.25, -0.2) is 4.79 Å². The summed E-state index contributed by atoms with van der Waals surface area (Å²) in [5.41, 5.74) is 0.00833. The Kier molecular flexibility index (Phi) is 10.2. The van der Waals surface area contributed by atoms with Crippen LogP contribution >= 0.6 is 12.4 Å². The van der Waals surface area contributed by atoms with E-state index in [1.807, 2.05) is 0 Å². The molecule has 0 radical (unpaired) electrons. The van der Waals surface area contributed by atoms with Crippen LogP contribution in [0.3, 0.4) is 0 Å². The van der Waals surface area contributed by atoms with E-state index in [1.54, 1.807) is 12.1 Å². The summed E-state index contributed by atoms with van der Waals surface area (Å²) in [5, 5.41) is 9.01. The summed E-state index contributed by atoms with van der Waals surface area (Å²) in [6, 6.07) is 6.17. The lowest BCUT2D eigenvalue weighted by Gasteiger charge is -2.17. The Bertz CT molecular complexity index is 475. The summed E-state index contributed by atoms with van der Waals surface area (Å²) < 4.78 is 5.13. The number of rotatable bonds is 9. The van der Waals surface area contributed by atoms with E-state index < -0.39 is 5.97 Å². The van der Waals surface area contributed by atoms with Gasteiger partial charge in [0.15, 0.2) is 0 Å². The molecule has 0 aliphatic rings. The van der Waals surface area contributed by atoms with Gasteiger partial charge in [0.25, 0.3) is 0 Å². The lowest BCUT2D eigenvalue weighted by molar-refractivity contribution is -0.134. The van der Waals surface area contributed by atoms with Crippen molar-refractivity contribution < 1.29 is 19.4 Å². The number of hydrogen-bond donors (Lipinski definition) is 1. The molecule has 124 valence electrons. The number of carbonyl (C=O) groups is 2. The highest BCUT2D eigenvalue weighted by atomic mass is 35.5. The molecule has 5 nitrogen and oxygen atoms in total. The van der Waals surface area contributed by atoms with Crippen molar-refractivity contribution in [3.63, 3.8) is 0 Å². The maximum absolute atomic E-state index is 11.7. The van der Waals surface area contributed by atoms with E-state index in [2.05, 4.69) is 18.7 Å².